The molecule has 3 fully saturated rings. The molecule has 3 rings (SSSR count). The van der Waals surface area contributed by atoms with Gasteiger partial charge in [0.05, 0.1) is 37.8 Å². The molecule has 27 heteroatoms. The van der Waals surface area contributed by atoms with E-state index in [1.165, 1.54) is 23.6 Å². The van der Waals surface area contributed by atoms with Crippen LogP contribution in [0.2, 0.25) is 0 Å². The van der Waals surface area contributed by atoms with Gasteiger partial charge in [0.15, 0.2) is 0 Å². The number of hydrogen-bond acceptors (Lipinski definition) is 14. The highest BCUT2D eigenvalue weighted by atomic mass is 16.4. The monoisotopic (exact) mass is 979 g/mol. The highest BCUT2D eigenvalue weighted by molar-refractivity contribution is 6.00. The predicted molar refractivity (Wildman–Crippen MR) is 236 cm³/mol. The molecule has 0 aromatic heterocycles. The summed E-state index contributed by atoms with van der Waals surface area (Å²) in [6.07, 6.45) is -0.556. The fraction of sp³-hybridized carbons (Fsp3) is 0.690. The van der Waals surface area contributed by atoms with Crippen LogP contribution in [0.4, 0.5) is 0 Å². The maximum atomic E-state index is 14.1. The number of fused-ring (bicyclic) bond motifs is 2. The minimum Gasteiger partial charge on any atom is -0.481 e. The molecule has 3 aliphatic rings. The van der Waals surface area contributed by atoms with Gasteiger partial charge in [-0.2, -0.15) is 0 Å². The fourth-order valence-corrected chi connectivity index (χ4v) is 7.95. The van der Waals surface area contributed by atoms with Gasteiger partial charge in [-0.15, -0.1) is 0 Å². The number of carbonyl (C=O) groups is 13. The highest BCUT2D eigenvalue weighted by Crippen LogP contribution is 2.24. The van der Waals surface area contributed by atoms with E-state index < -0.39 is 175 Å². The molecule has 0 aromatic carbocycles. The molecule has 3 heterocycles. The third-order valence-corrected chi connectivity index (χ3v) is 12.2. The molecule has 11 atom stereocenters. The topological polar surface area (TPSA) is 411 Å². The van der Waals surface area contributed by atoms with Gasteiger partial charge in [0.1, 0.15) is 42.3 Å². The van der Waals surface area contributed by atoms with Crippen molar-refractivity contribution in [3.8, 4) is 0 Å². The number of piperidine rings is 1. The second-order valence-corrected chi connectivity index (χ2v) is 17.9. The van der Waals surface area contributed by atoms with Crippen LogP contribution in [0.25, 0.3) is 0 Å². The van der Waals surface area contributed by atoms with E-state index in [0.717, 1.165) is 6.92 Å². The third kappa shape index (κ3) is 15.8. The van der Waals surface area contributed by atoms with Gasteiger partial charge in [-0.25, -0.2) is 0 Å². The van der Waals surface area contributed by atoms with Crippen LogP contribution in [0, 0.1) is 17.8 Å². The number of nitrogens with zero attached hydrogens (tertiary/aromatic N) is 2. The molecule has 0 radical (unpaired) electrons. The number of hydrogen-bond donors (Lipinski definition) is 12. The van der Waals surface area contributed by atoms with E-state index >= 15 is 0 Å². The maximum absolute atomic E-state index is 14.1. The Bertz CT molecular complexity index is 2020. The van der Waals surface area contributed by atoms with E-state index in [-0.39, 0.29) is 25.9 Å². The van der Waals surface area contributed by atoms with Gasteiger partial charge in [-0.3, -0.25) is 62.3 Å². The lowest BCUT2D eigenvalue weighted by Gasteiger charge is -2.38. The van der Waals surface area contributed by atoms with Crippen LogP contribution in [0.5, 0.6) is 0 Å². The van der Waals surface area contributed by atoms with E-state index in [2.05, 4.69) is 37.2 Å². The van der Waals surface area contributed by atoms with Gasteiger partial charge < -0.3 is 73.4 Å². The minimum atomic E-state index is -2.00. The van der Waals surface area contributed by atoms with Crippen LogP contribution in [0.15, 0.2) is 0 Å². The standard InChI is InChI=1S/C42H65N11O16/c1-18(2)31-41(67)53-13-9-11-26(53)36(62)46-22(6)19(3)40(66)52-12-8-7-10-25(52)37(63)51-32(20(4)42(68)69)38(64)48-24(15-30(58)59)35(61)44-16-27(54)47-23(14-29(56)57)34(60)45-17-28(55)49-33(21(5)43)39(65)50-31/h18-26,31-33H,7-17,43H2,1-6H3,(H,44,61)(H,45,60)(H,46,62)(H,47,54)(H,48,64)(H,49,55)(H,50,65)(H,51,63)(H,56,57)(H,58,59)(H,68,69)/t19-,20?,21?,22?,23?,24?,25?,26?,31?,32?,33?/m0/s1. The number of carboxylic acids is 3. The molecule has 0 saturated carbocycles. The molecule has 0 aliphatic carbocycles. The molecule has 0 bridgehead atoms. The van der Waals surface area contributed by atoms with Crippen molar-refractivity contribution in [3.63, 3.8) is 0 Å². The summed E-state index contributed by atoms with van der Waals surface area (Å²) >= 11 is 0. The largest absolute Gasteiger partial charge is 0.481 e. The van der Waals surface area contributed by atoms with E-state index in [4.69, 9.17) is 5.73 Å². The first kappa shape index (κ1) is 56.4. The second-order valence-electron chi connectivity index (χ2n) is 17.9. The zero-order valence-corrected chi connectivity index (χ0v) is 39.3. The first-order chi connectivity index (χ1) is 32.2. The molecular formula is C42H65N11O16. The van der Waals surface area contributed by atoms with Crippen LogP contribution in [0.1, 0.15) is 86.5 Å². The van der Waals surface area contributed by atoms with E-state index in [0.29, 0.717) is 19.3 Å². The van der Waals surface area contributed by atoms with Crippen molar-refractivity contribution in [1.29, 1.82) is 0 Å². The number of carbonyl (C=O) groups excluding carboxylic acids is 10. The first-order valence-electron chi connectivity index (χ1n) is 22.6. The van der Waals surface area contributed by atoms with Crippen LogP contribution in [0.3, 0.4) is 0 Å². The Morgan fingerprint density at radius 2 is 1.03 bits per heavy atom. The molecule has 13 N–H and O–H groups in total. The van der Waals surface area contributed by atoms with Gasteiger partial charge in [0, 0.05) is 25.2 Å². The van der Waals surface area contributed by atoms with Crippen LogP contribution in [-0.2, 0) is 62.3 Å². The van der Waals surface area contributed by atoms with Gasteiger partial charge in [0.2, 0.25) is 59.1 Å². The molecular weight excluding hydrogens is 915 g/mol. The summed E-state index contributed by atoms with van der Waals surface area (Å²) in [5.41, 5.74) is 6.05. The minimum absolute atomic E-state index is 0.0596. The lowest BCUT2D eigenvalue weighted by molar-refractivity contribution is -0.150. The van der Waals surface area contributed by atoms with Gasteiger partial charge in [-0.1, -0.05) is 20.8 Å². The van der Waals surface area contributed by atoms with Crippen molar-refractivity contribution in [2.24, 2.45) is 23.5 Å². The summed E-state index contributed by atoms with van der Waals surface area (Å²) in [4.78, 5) is 174. The summed E-state index contributed by atoms with van der Waals surface area (Å²) in [5, 5.41) is 47.3. The molecule has 69 heavy (non-hydrogen) atoms. The summed E-state index contributed by atoms with van der Waals surface area (Å²) in [6, 6.07) is -12.8. The Morgan fingerprint density at radius 3 is 1.55 bits per heavy atom. The fourth-order valence-electron chi connectivity index (χ4n) is 7.95. The zero-order chi connectivity index (χ0) is 52.0. The van der Waals surface area contributed by atoms with Crippen molar-refractivity contribution in [2.75, 3.05) is 26.2 Å². The summed E-state index contributed by atoms with van der Waals surface area (Å²) in [7, 11) is 0. The average Bonchev–Trinajstić information content (AvgIpc) is 3.78. The SMILES string of the molecule is CC(C)C1NC(=O)C(C(C)N)NC(=O)CNC(=O)C(CC(=O)O)NC(=O)CNC(=O)C(CC(=O)O)NC(=O)C(C(C)C(=O)O)NC(=O)C2CCCCN2C(=O)[C@@H](C)C(C)NC(=O)C2CCCN2C1=O. The quantitative estimate of drug-likeness (QED) is 0.108. The maximum Gasteiger partial charge on any atom is 0.308 e. The van der Waals surface area contributed by atoms with Crippen molar-refractivity contribution in [2.45, 2.75) is 141 Å². The Labute approximate surface area is 396 Å². The average molecular weight is 980 g/mol. The Kier molecular flexibility index (Phi) is 20.8. The smallest absolute Gasteiger partial charge is 0.308 e. The van der Waals surface area contributed by atoms with Crippen molar-refractivity contribution in [1.82, 2.24) is 52.3 Å². The molecule has 3 saturated heterocycles. The normalized spacial score (nSPS) is 29.2. The van der Waals surface area contributed by atoms with Crippen molar-refractivity contribution in [3.05, 3.63) is 0 Å². The number of rotatable bonds is 8. The van der Waals surface area contributed by atoms with Crippen LogP contribution < -0.4 is 48.3 Å². The third-order valence-electron chi connectivity index (χ3n) is 12.2. The Hall–Kier alpha value is -6.93. The second kappa shape index (κ2) is 25.4. The number of nitrogens with two attached hydrogens (primary N) is 1. The van der Waals surface area contributed by atoms with Gasteiger partial charge in [-0.05, 0) is 58.8 Å². The highest BCUT2D eigenvalue weighted by Gasteiger charge is 2.43. The number of aliphatic carboxylic acids is 3. The first-order valence-corrected chi connectivity index (χ1v) is 22.6. The lowest BCUT2D eigenvalue weighted by Crippen LogP contribution is -2.62. The Balaban J connectivity index is 2.04. The molecule has 10 amide bonds. The van der Waals surface area contributed by atoms with Crippen LogP contribution in [-0.4, -0.2) is 183 Å². The van der Waals surface area contributed by atoms with Crippen LogP contribution >= 0.6 is 0 Å². The molecule has 384 valence electrons. The van der Waals surface area contributed by atoms with E-state index in [1.807, 2.05) is 5.32 Å². The van der Waals surface area contributed by atoms with E-state index in [1.54, 1.807) is 20.8 Å². The van der Waals surface area contributed by atoms with E-state index in [9.17, 15) is 77.6 Å². The van der Waals surface area contributed by atoms with Gasteiger partial charge >= 0.3 is 17.9 Å². The van der Waals surface area contributed by atoms with Gasteiger partial charge in [0.25, 0.3) is 0 Å². The van der Waals surface area contributed by atoms with Crippen molar-refractivity contribution < 1.29 is 77.6 Å². The molecule has 0 spiro atoms. The molecule has 27 nitrogen and oxygen atoms in total. The Morgan fingerprint density at radius 1 is 0.565 bits per heavy atom. The number of nitrogens with one attached hydrogen (secondary N) is 8. The number of carboxylic acid groups (broad SMARTS) is 3. The molecule has 10 unspecified atom stereocenters. The summed E-state index contributed by atoms with van der Waals surface area (Å²) in [6.45, 7) is 7.05. The predicted octanol–water partition coefficient (Wildman–Crippen LogP) is -5.16. The summed E-state index contributed by atoms with van der Waals surface area (Å²) in [5.74, 6) is -17.8. The van der Waals surface area contributed by atoms with Crippen molar-refractivity contribution >= 4 is 77.0 Å². The molecule has 3 aliphatic heterocycles. The number of amides is 10. The molecule has 0 aromatic rings. The zero-order valence-electron chi connectivity index (χ0n) is 39.3. The summed E-state index contributed by atoms with van der Waals surface area (Å²) < 4.78 is 0. The lowest BCUT2D eigenvalue weighted by atomic mass is 9.94.